The van der Waals surface area contributed by atoms with Gasteiger partial charge >= 0.3 is 12.1 Å². The first-order valence-electron chi connectivity index (χ1n) is 10.4. The second-order valence-corrected chi connectivity index (χ2v) is 8.93. The molecular weight excluding hydrogens is 471 g/mol. The Morgan fingerprint density at radius 1 is 1.18 bits per heavy atom. The van der Waals surface area contributed by atoms with Gasteiger partial charge in [-0.3, -0.25) is 9.48 Å². The Kier molecular flexibility index (Phi) is 6.76. The minimum Gasteiger partial charge on any atom is -0.467 e. The van der Waals surface area contributed by atoms with Crippen LogP contribution in [0.2, 0.25) is 0 Å². The van der Waals surface area contributed by atoms with Gasteiger partial charge in [-0.2, -0.15) is 18.3 Å². The first-order valence-corrected chi connectivity index (χ1v) is 11.2. The van der Waals surface area contributed by atoms with E-state index in [0.29, 0.717) is 22.8 Å². The maximum Gasteiger partial charge on any atom is 0.435 e. The molecule has 4 rings (SSSR count). The Bertz CT molecular complexity index is 1180. The van der Waals surface area contributed by atoms with Gasteiger partial charge in [0, 0.05) is 20.0 Å². The summed E-state index contributed by atoms with van der Waals surface area (Å²) in [6, 6.07) is 12.8. The van der Waals surface area contributed by atoms with E-state index < -0.39 is 29.8 Å². The number of alkyl halides is 3. The van der Waals surface area contributed by atoms with E-state index in [-0.39, 0.29) is 18.3 Å². The summed E-state index contributed by atoms with van der Waals surface area (Å²) in [7, 11) is 2.67. The third kappa shape index (κ3) is 5.00. The SMILES string of the molecule is COC(=O)[C@@H]1C[C@@H](OCc2ccccc2)CN1C(=O)c1ccc(-c2cc(C(F)(F)F)nn2C)s1. The fourth-order valence-corrected chi connectivity index (χ4v) is 4.87. The number of amides is 1. The van der Waals surface area contributed by atoms with Crippen molar-refractivity contribution < 1.29 is 32.2 Å². The van der Waals surface area contributed by atoms with Gasteiger partial charge in [0.2, 0.25) is 0 Å². The van der Waals surface area contributed by atoms with Gasteiger partial charge in [-0.25, -0.2) is 4.79 Å². The van der Waals surface area contributed by atoms with E-state index >= 15 is 0 Å². The van der Waals surface area contributed by atoms with E-state index in [2.05, 4.69) is 5.10 Å². The molecule has 1 saturated heterocycles. The molecule has 7 nitrogen and oxygen atoms in total. The number of halogens is 3. The lowest BCUT2D eigenvalue weighted by atomic mass is 10.2. The number of benzene rings is 1. The number of aromatic nitrogens is 2. The largest absolute Gasteiger partial charge is 0.467 e. The van der Waals surface area contributed by atoms with Crippen LogP contribution in [-0.4, -0.2) is 52.4 Å². The number of likely N-dealkylation sites (tertiary alicyclic amines) is 1. The van der Waals surface area contributed by atoms with Crippen molar-refractivity contribution >= 4 is 23.2 Å². The molecule has 1 fully saturated rings. The first kappa shape index (κ1) is 24.0. The number of rotatable bonds is 6. The minimum absolute atomic E-state index is 0.197. The van der Waals surface area contributed by atoms with Crippen LogP contribution in [0.3, 0.4) is 0 Å². The smallest absolute Gasteiger partial charge is 0.435 e. The Labute approximate surface area is 197 Å². The number of hydrogen-bond donors (Lipinski definition) is 0. The number of nitrogens with zero attached hydrogens (tertiary/aromatic N) is 3. The summed E-state index contributed by atoms with van der Waals surface area (Å²) in [5, 5.41) is 3.52. The highest BCUT2D eigenvalue weighted by Crippen LogP contribution is 2.35. The molecule has 0 saturated carbocycles. The van der Waals surface area contributed by atoms with Gasteiger partial charge in [0.25, 0.3) is 5.91 Å². The second-order valence-electron chi connectivity index (χ2n) is 7.85. The third-order valence-electron chi connectivity index (χ3n) is 5.56. The van der Waals surface area contributed by atoms with Crippen molar-refractivity contribution in [3.05, 3.63) is 64.7 Å². The number of esters is 1. The maximum absolute atomic E-state index is 13.3. The summed E-state index contributed by atoms with van der Waals surface area (Å²) in [6.45, 7) is 0.537. The van der Waals surface area contributed by atoms with Crippen LogP contribution < -0.4 is 0 Å². The van der Waals surface area contributed by atoms with Gasteiger partial charge in [0.05, 0.1) is 35.3 Å². The quantitative estimate of drug-likeness (QED) is 0.483. The minimum atomic E-state index is -4.57. The van der Waals surface area contributed by atoms with Crippen molar-refractivity contribution in [2.75, 3.05) is 13.7 Å². The summed E-state index contributed by atoms with van der Waals surface area (Å²) >= 11 is 1.04. The van der Waals surface area contributed by atoms with Crippen molar-refractivity contribution in [1.82, 2.24) is 14.7 Å². The molecule has 1 aliphatic rings. The normalized spacial score (nSPS) is 18.3. The number of hydrogen-bond acceptors (Lipinski definition) is 6. The number of ether oxygens (including phenoxy) is 2. The summed E-state index contributed by atoms with van der Waals surface area (Å²) < 4.78 is 51.0. The first-order chi connectivity index (χ1) is 16.2. The van der Waals surface area contributed by atoms with Crippen molar-refractivity contribution in [3.8, 4) is 10.6 Å². The van der Waals surface area contributed by atoms with Crippen molar-refractivity contribution in [3.63, 3.8) is 0 Å². The summed E-state index contributed by atoms with van der Waals surface area (Å²) in [5.74, 6) is -0.951. The highest BCUT2D eigenvalue weighted by atomic mass is 32.1. The van der Waals surface area contributed by atoms with Gasteiger partial charge in [0.1, 0.15) is 6.04 Å². The lowest BCUT2D eigenvalue weighted by Gasteiger charge is -2.21. The Morgan fingerprint density at radius 3 is 2.56 bits per heavy atom. The molecule has 0 N–H and O–H groups in total. The van der Waals surface area contributed by atoms with Crippen LogP contribution in [0.1, 0.15) is 27.3 Å². The lowest BCUT2D eigenvalue weighted by molar-refractivity contribution is -0.145. The average molecular weight is 494 g/mol. The fourth-order valence-electron chi connectivity index (χ4n) is 3.86. The molecule has 1 aliphatic heterocycles. The molecule has 2 aromatic heterocycles. The van der Waals surface area contributed by atoms with Gasteiger partial charge in [-0.1, -0.05) is 30.3 Å². The summed E-state index contributed by atoms with van der Waals surface area (Å²) in [6.07, 6.45) is -4.64. The predicted molar refractivity (Wildman–Crippen MR) is 118 cm³/mol. The molecule has 1 aromatic carbocycles. The summed E-state index contributed by atoms with van der Waals surface area (Å²) in [5.41, 5.74) is 0.209. The molecule has 180 valence electrons. The molecule has 0 unspecified atom stereocenters. The standard InChI is InChI=1S/C23H22F3N3O4S/c1-28-16(11-20(27-28)23(24,25)26)18-8-9-19(34-18)21(30)29-12-15(10-17(29)22(31)32-2)33-13-14-6-4-3-5-7-14/h3-9,11,15,17H,10,12-13H2,1-2H3/t15-,17+/m1/s1. The van der Waals surface area contributed by atoms with Crippen LogP contribution in [-0.2, 0) is 34.1 Å². The van der Waals surface area contributed by atoms with Gasteiger partial charge in [-0.15, -0.1) is 11.3 Å². The number of thiophene rings is 1. The second kappa shape index (κ2) is 9.59. The third-order valence-corrected chi connectivity index (χ3v) is 6.66. The number of aryl methyl sites for hydroxylation is 1. The van der Waals surface area contributed by atoms with Crippen LogP contribution in [0.5, 0.6) is 0 Å². The van der Waals surface area contributed by atoms with E-state index in [0.717, 1.165) is 27.6 Å². The summed E-state index contributed by atoms with van der Waals surface area (Å²) in [4.78, 5) is 27.8. The van der Waals surface area contributed by atoms with Crippen LogP contribution in [0, 0.1) is 0 Å². The molecule has 3 heterocycles. The van der Waals surface area contributed by atoms with Crippen LogP contribution in [0.25, 0.3) is 10.6 Å². The molecule has 0 aliphatic carbocycles. The zero-order chi connectivity index (χ0) is 24.5. The van der Waals surface area contributed by atoms with E-state index in [1.807, 2.05) is 30.3 Å². The van der Waals surface area contributed by atoms with Crippen LogP contribution >= 0.6 is 11.3 Å². The monoisotopic (exact) mass is 493 g/mol. The van der Waals surface area contributed by atoms with Gasteiger partial charge < -0.3 is 14.4 Å². The molecule has 34 heavy (non-hydrogen) atoms. The molecule has 0 spiro atoms. The number of methoxy groups -OCH3 is 1. The zero-order valence-corrected chi connectivity index (χ0v) is 19.2. The Balaban J connectivity index is 1.51. The molecule has 2 atom stereocenters. The van der Waals surface area contributed by atoms with Crippen LogP contribution in [0.4, 0.5) is 13.2 Å². The van der Waals surface area contributed by atoms with Crippen molar-refractivity contribution in [2.45, 2.75) is 31.3 Å². The molecule has 0 radical (unpaired) electrons. The molecule has 1 amide bonds. The topological polar surface area (TPSA) is 73.7 Å². The van der Waals surface area contributed by atoms with Crippen molar-refractivity contribution in [1.29, 1.82) is 0 Å². The maximum atomic E-state index is 13.3. The van der Waals surface area contributed by atoms with E-state index in [9.17, 15) is 22.8 Å². The van der Waals surface area contributed by atoms with E-state index in [1.54, 1.807) is 6.07 Å². The number of carbonyl (C=O) groups is 2. The Morgan fingerprint density at radius 2 is 1.91 bits per heavy atom. The molecule has 0 bridgehead atoms. The Hall–Kier alpha value is -3.18. The van der Waals surface area contributed by atoms with Gasteiger partial charge in [0.15, 0.2) is 5.69 Å². The van der Waals surface area contributed by atoms with E-state index in [4.69, 9.17) is 9.47 Å². The average Bonchev–Trinajstić information content (AvgIpc) is 3.55. The highest BCUT2D eigenvalue weighted by molar-refractivity contribution is 7.17. The highest BCUT2D eigenvalue weighted by Gasteiger charge is 2.41. The molecular formula is C23H22F3N3O4S. The van der Waals surface area contributed by atoms with E-state index in [1.165, 1.54) is 25.1 Å². The zero-order valence-electron chi connectivity index (χ0n) is 18.4. The molecule has 11 heteroatoms. The number of carbonyl (C=O) groups excluding carboxylic acids is 2. The van der Waals surface area contributed by atoms with Crippen molar-refractivity contribution in [2.24, 2.45) is 7.05 Å². The van der Waals surface area contributed by atoms with Gasteiger partial charge in [-0.05, 0) is 23.8 Å². The molecule has 3 aromatic rings. The predicted octanol–water partition coefficient (Wildman–Crippen LogP) is 4.14. The lowest BCUT2D eigenvalue weighted by Crippen LogP contribution is -2.41. The van der Waals surface area contributed by atoms with Crippen LogP contribution in [0.15, 0.2) is 48.5 Å². The fraction of sp³-hybridized carbons (Fsp3) is 0.348.